The van der Waals surface area contributed by atoms with Crippen LogP contribution >= 0.6 is 0 Å². The Morgan fingerprint density at radius 3 is 1.97 bits per heavy atom. The van der Waals surface area contributed by atoms with Gasteiger partial charge in [-0.15, -0.1) is 0 Å². The Hall–Kier alpha value is -2.90. The molecule has 0 heterocycles. The molecule has 0 spiro atoms. The molecule has 158 valence electrons. The maximum atomic E-state index is 2.34. The van der Waals surface area contributed by atoms with E-state index < -0.39 is 0 Å². The molecular formula is C30H34N+. The van der Waals surface area contributed by atoms with Gasteiger partial charge in [-0.3, -0.25) is 0 Å². The first kappa shape index (κ1) is 21.3. The van der Waals surface area contributed by atoms with E-state index in [1.54, 1.807) is 0 Å². The third-order valence-corrected chi connectivity index (χ3v) is 5.92. The van der Waals surface area contributed by atoms with Crippen LogP contribution in [0.1, 0.15) is 31.9 Å². The number of rotatable bonds is 4. The van der Waals surface area contributed by atoms with Crippen LogP contribution in [0.25, 0.3) is 33.0 Å². The molecule has 1 heteroatoms. The minimum atomic E-state index is 0.172. The zero-order valence-corrected chi connectivity index (χ0v) is 19.7. The SMILES string of the molecule is CC(C)(C)c1ccc(-c2cccc3cc(-c4ccccc4C[N+](C)(C)C)ccc23)cc1. The first-order chi connectivity index (χ1) is 14.6. The van der Waals surface area contributed by atoms with Crippen molar-refractivity contribution in [2.45, 2.75) is 32.7 Å². The average molecular weight is 409 g/mol. The van der Waals surface area contributed by atoms with Crippen molar-refractivity contribution < 1.29 is 4.48 Å². The number of benzene rings is 4. The first-order valence-corrected chi connectivity index (χ1v) is 11.1. The number of hydrogen-bond acceptors (Lipinski definition) is 0. The highest BCUT2D eigenvalue weighted by Crippen LogP contribution is 2.34. The van der Waals surface area contributed by atoms with Gasteiger partial charge in [0.2, 0.25) is 0 Å². The molecule has 31 heavy (non-hydrogen) atoms. The lowest BCUT2D eigenvalue weighted by Crippen LogP contribution is -2.33. The van der Waals surface area contributed by atoms with Crippen molar-refractivity contribution in [2.75, 3.05) is 21.1 Å². The molecule has 0 aliphatic heterocycles. The molecule has 0 aromatic heterocycles. The lowest BCUT2D eigenvalue weighted by atomic mass is 9.86. The number of hydrogen-bond donors (Lipinski definition) is 0. The Morgan fingerprint density at radius 2 is 1.29 bits per heavy atom. The summed E-state index contributed by atoms with van der Waals surface area (Å²) >= 11 is 0. The molecule has 0 unspecified atom stereocenters. The summed E-state index contributed by atoms with van der Waals surface area (Å²) in [5.74, 6) is 0. The molecule has 0 N–H and O–H groups in total. The standard InChI is InChI=1S/C30H34N/c1-30(2,3)26-17-14-22(15-18-26)28-13-9-11-23-20-24(16-19-29(23)28)27-12-8-7-10-25(27)21-31(4,5)6/h7-20H,21H2,1-6H3/q+1. The van der Waals surface area contributed by atoms with Crippen LogP contribution in [0.2, 0.25) is 0 Å². The van der Waals surface area contributed by atoms with Gasteiger partial charge in [0.25, 0.3) is 0 Å². The second-order valence-corrected chi connectivity index (χ2v) is 10.7. The van der Waals surface area contributed by atoms with Crippen LogP contribution in [0.4, 0.5) is 0 Å². The summed E-state index contributed by atoms with van der Waals surface area (Å²) in [7, 11) is 6.73. The zero-order valence-electron chi connectivity index (χ0n) is 19.7. The fourth-order valence-electron chi connectivity index (χ4n) is 4.30. The molecule has 0 saturated carbocycles. The largest absolute Gasteiger partial charge is 0.327 e. The molecular weight excluding hydrogens is 374 g/mol. The molecule has 0 radical (unpaired) electrons. The molecule has 0 saturated heterocycles. The minimum Gasteiger partial charge on any atom is -0.327 e. The normalized spacial score (nSPS) is 12.3. The van der Waals surface area contributed by atoms with Crippen LogP contribution in [0.3, 0.4) is 0 Å². The van der Waals surface area contributed by atoms with Crippen LogP contribution in [-0.4, -0.2) is 25.6 Å². The highest BCUT2D eigenvalue weighted by Gasteiger charge is 2.15. The third kappa shape index (κ3) is 4.73. The Labute approximate surface area is 187 Å². The van der Waals surface area contributed by atoms with Gasteiger partial charge in [0.05, 0.1) is 21.1 Å². The predicted molar refractivity (Wildman–Crippen MR) is 135 cm³/mol. The van der Waals surface area contributed by atoms with Crippen molar-refractivity contribution in [1.82, 2.24) is 0 Å². The lowest BCUT2D eigenvalue weighted by Gasteiger charge is -2.25. The van der Waals surface area contributed by atoms with Gasteiger partial charge in [0, 0.05) is 5.56 Å². The second kappa shape index (κ2) is 7.98. The van der Waals surface area contributed by atoms with E-state index in [1.807, 2.05) is 0 Å². The van der Waals surface area contributed by atoms with Crippen LogP contribution in [0.15, 0.2) is 84.9 Å². The molecule has 0 amide bonds. The van der Waals surface area contributed by atoms with Crippen molar-refractivity contribution in [3.8, 4) is 22.3 Å². The van der Waals surface area contributed by atoms with E-state index >= 15 is 0 Å². The highest BCUT2D eigenvalue weighted by atomic mass is 15.3. The summed E-state index contributed by atoms with van der Waals surface area (Å²) in [5.41, 5.74) is 8.12. The van der Waals surface area contributed by atoms with Gasteiger partial charge in [0.1, 0.15) is 6.54 Å². The second-order valence-electron chi connectivity index (χ2n) is 10.7. The molecule has 4 aromatic rings. The Morgan fingerprint density at radius 1 is 0.645 bits per heavy atom. The monoisotopic (exact) mass is 408 g/mol. The topological polar surface area (TPSA) is 0 Å². The van der Waals surface area contributed by atoms with E-state index in [1.165, 1.54) is 44.2 Å². The quantitative estimate of drug-likeness (QED) is 0.304. The fraction of sp³-hybridized carbons (Fsp3) is 0.267. The van der Waals surface area contributed by atoms with E-state index in [0.717, 1.165) is 11.0 Å². The van der Waals surface area contributed by atoms with Gasteiger partial charge < -0.3 is 4.48 Å². The smallest absolute Gasteiger partial charge is 0.104 e. The Bertz CT molecular complexity index is 1200. The van der Waals surface area contributed by atoms with E-state index in [-0.39, 0.29) is 5.41 Å². The summed E-state index contributed by atoms with van der Waals surface area (Å²) in [6.45, 7) is 7.79. The van der Waals surface area contributed by atoms with Crippen molar-refractivity contribution in [1.29, 1.82) is 0 Å². The summed E-state index contributed by atoms with van der Waals surface area (Å²) in [6, 6.07) is 31.4. The van der Waals surface area contributed by atoms with E-state index in [9.17, 15) is 0 Å². The molecule has 1 nitrogen and oxygen atoms in total. The van der Waals surface area contributed by atoms with Gasteiger partial charge >= 0.3 is 0 Å². The van der Waals surface area contributed by atoms with Crippen molar-refractivity contribution >= 4 is 10.8 Å². The third-order valence-electron chi connectivity index (χ3n) is 5.92. The van der Waals surface area contributed by atoms with E-state index in [2.05, 4.69) is 127 Å². The maximum absolute atomic E-state index is 2.34. The van der Waals surface area contributed by atoms with Crippen LogP contribution in [0.5, 0.6) is 0 Å². The van der Waals surface area contributed by atoms with Gasteiger partial charge in [-0.25, -0.2) is 0 Å². The Kier molecular flexibility index (Phi) is 5.49. The molecule has 0 aliphatic carbocycles. The van der Waals surface area contributed by atoms with Crippen LogP contribution < -0.4 is 0 Å². The average Bonchev–Trinajstić information content (AvgIpc) is 2.72. The summed E-state index contributed by atoms with van der Waals surface area (Å²) in [5, 5.41) is 2.59. The minimum absolute atomic E-state index is 0.172. The summed E-state index contributed by atoms with van der Waals surface area (Å²) in [6.07, 6.45) is 0. The van der Waals surface area contributed by atoms with E-state index in [0.29, 0.717) is 0 Å². The number of nitrogens with zero attached hydrogens (tertiary/aromatic N) is 1. The zero-order chi connectivity index (χ0) is 22.2. The highest BCUT2D eigenvalue weighted by molar-refractivity contribution is 5.98. The fourth-order valence-corrected chi connectivity index (χ4v) is 4.30. The first-order valence-electron chi connectivity index (χ1n) is 11.1. The van der Waals surface area contributed by atoms with Gasteiger partial charge in [0.15, 0.2) is 0 Å². The van der Waals surface area contributed by atoms with Gasteiger partial charge in [-0.05, 0) is 50.1 Å². The van der Waals surface area contributed by atoms with Crippen molar-refractivity contribution in [3.63, 3.8) is 0 Å². The van der Waals surface area contributed by atoms with E-state index in [4.69, 9.17) is 0 Å². The van der Waals surface area contributed by atoms with Crippen LogP contribution in [-0.2, 0) is 12.0 Å². The summed E-state index contributed by atoms with van der Waals surface area (Å²) in [4.78, 5) is 0. The van der Waals surface area contributed by atoms with Crippen molar-refractivity contribution in [3.05, 3.63) is 96.1 Å². The lowest BCUT2D eigenvalue weighted by molar-refractivity contribution is -0.883. The van der Waals surface area contributed by atoms with Crippen LogP contribution in [0, 0.1) is 0 Å². The molecule has 4 rings (SSSR count). The Balaban J connectivity index is 1.77. The molecule has 4 aromatic carbocycles. The predicted octanol–water partition coefficient (Wildman–Crippen LogP) is 7.68. The maximum Gasteiger partial charge on any atom is 0.104 e. The summed E-state index contributed by atoms with van der Waals surface area (Å²) < 4.78 is 0.916. The molecule has 0 fully saturated rings. The molecule has 0 aliphatic rings. The van der Waals surface area contributed by atoms with Gasteiger partial charge in [-0.2, -0.15) is 0 Å². The molecule has 0 atom stereocenters. The number of fused-ring (bicyclic) bond motifs is 1. The molecule has 0 bridgehead atoms. The van der Waals surface area contributed by atoms with Gasteiger partial charge in [-0.1, -0.05) is 99.6 Å². The number of quaternary nitrogens is 1. The van der Waals surface area contributed by atoms with Crippen molar-refractivity contribution in [2.24, 2.45) is 0 Å².